The van der Waals surface area contributed by atoms with E-state index in [0.717, 1.165) is 57.2 Å². The minimum absolute atomic E-state index is 0.266. The number of likely N-dealkylation sites (tertiary alicyclic amines) is 2. The molecule has 1 aromatic heterocycles. The summed E-state index contributed by atoms with van der Waals surface area (Å²) in [7, 11) is 2.11. The molecule has 0 radical (unpaired) electrons. The van der Waals surface area contributed by atoms with E-state index in [1.165, 1.54) is 38.8 Å². The minimum Gasteiger partial charge on any atom is -0.342 e. The Hall–Kier alpha value is -1.47. The van der Waals surface area contributed by atoms with Gasteiger partial charge in [0, 0.05) is 26.1 Å². The molecule has 7 heteroatoms. The average molecular weight is 391 g/mol. The molecule has 0 N–H and O–H groups in total. The maximum atomic E-state index is 12.5. The molecule has 3 rings (SSSR count). The first kappa shape index (κ1) is 21.2. The Bertz CT molecular complexity index is 610. The van der Waals surface area contributed by atoms with Gasteiger partial charge in [0.05, 0.1) is 13.1 Å². The van der Waals surface area contributed by atoms with Gasteiger partial charge >= 0.3 is 0 Å². The van der Waals surface area contributed by atoms with E-state index in [4.69, 9.17) is 0 Å². The first-order chi connectivity index (χ1) is 13.6. The van der Waals surface area contributed by atoms with Crippen molar-refractivity contribution in [3.05, 3.63) is 11.6 Å². The van der Waals surface area contributed by atoms with Crippen molar-refractivity contribution >= 4 is 5.91 Å². The molecule has 0 spiro atoms. The van der Waals surface area contributed by atoms with E-state index in [2.05, 4.69) is 45.5 Å². The van der Waals surface area contributed by atoms with Crippen molar-refractivity contribution in [2.45, 2.75) is 64.8 Å². The lowest BCUT2D eigenvalue weighted by Gasteiger charge is -2.33. The summed E-state index contributed by atoms with van der Waals surface area (Å²) >= 11 is 0. The topological polar surface area (TPSA) is 57.5 Å². The van der Waals surface area contributed by atoms with Crippen LogP contribution in [-0.4, -0.2) is 81.2 Å². The Morgan fingerprint density at radius 2 is 1.64 bits per heavy atom. The molecule has 7 nitrogen and oxygen atoms in total. The van der Waals surface area contributed by atoms with Gasteiger partial charge in [0.1, 0.15) is 11.6 Å². The molecule has 1 amide bonds. The Morgan fingerprint density at radius 1 is 1.00 bits per heavy atom. The molecule has 0 bridgehead atoms. The van der Waals surface area contributed by atoms with Crippen LogP contribution in [0, 0.1) is 0 Å². The first-order valence-corrected chi connectivity index (χ1v) is 11.2. The van der Waals surface area contributed by atoms with Gasteiger partial charge in [0.25, 0.3) is 0 Å². The number of nitrogens with zero attached hydrogens (tertiary/aromatic N) is 6. The van der Waals surface area contributed by atoms with E-state index in [-0.39, 0.29) is 5.91 Å². The monoisotopic (exact) mass is 390 g/mol. The number of amides is 1. The zero-order valence-corrected chi connectivity index (χ0v) is 18.1. The number of hydrogen-bond acceptors (Lipinski definition) is 5. The van der Waals surface area contributed by atoms with Gasteiger partial charge in [0.15, 0.2) is 0 Å². The van der Waals surface area contributed by atoms with Crippen molar-refractivity contribution < 1.29 is 4.79 Å². The Morgan fingerprint density at radius 3 is 2.25 bits per heavy atom. The van der Waals surface area contributed by atoms with Crippen LogP contribution in [-0.2, 0) is 18.4 Å². The van der Waals surface area contributed by atoms with Gasteiger partial charge < -0.3 is 9.47 Å². The molecule has 2 aliphatic heterocycles. The summed E-state index contributed by atoms with van der Waals surface area (Å²) in [5, 5.41) is 9.06. The number of piperidine rings is 1. The molecule has 3 heterocycles. The fraction of sp³-hybridized carbons (Fsp3) is 0.857. The number of hydrogen-bond donors (Lipinski definition) is 0. The van der Waals surface area contributed by atoms with Crippen LogP contribution in [0.3, 0.4) is 0 Å². The fourth-order valence-corrected chi connectivity index (χ4v) is 4.49. The summed E-state index contributed by atoms with van der Waals surface area (Å²) in [6, 6.07) is 0. The molecule has 0 aliphatic carbocycles. The van der Waals surface area contributed by atoms with Crippen molar-refractivity contribution in [3.63, 3.8) is 0 Å². The number of carbonyl (C=O) groups is 1. The summed E-state index contributed by atoms with van der Waals surface area (Å²) in [4.78, 5) is 19.3. The maximum absolute atomic E-state index is 12.5. The summed E-state index contributed by atoms with van der Waals surface area (Å²) in [5.41, 5.74) is 0. The standard InChI is InChI=1S/C21H38N6O/c1-4-25(5-2)17-20(28)27-14-10-18(11-15-27)21-23-22-19(24(21)3)16-26-12-8-6-7-9-13-26/h18H,4-17H2,1-3H3. The summed E-state index contributed by atoms with van der Waals surface area (Å²) in [6.45, 7) is 11.5. The number of aromatic nitrogens is 3. The van der Waals surface area contributed by atoms with Gasteiger partial charge in [-0.05, 0) is 51.9 Å². The normalized spacial score (nSPS) is 19.9. The van der Waals surface area contributed by atoms with Gasteiger partial charge in [-0.25, -0.2) is 0 Å². The van der Waals surface area contributed by atoms with Crippen LogP contribution in [0.5, 0.6) is 0 Å². The zero-order valence-electron chi connectivity index (χ0n) is 18.1. The molecular weight excluding hydrogens is 352 g/mol. The zero-order chi connectivity index (χ0) is 19.9. The second kappa shape index (κ2) is 10.3. The molecular formula is C21H38N6O. The Kier molecular flexibility index (Phi) is 7.85. The summed E-state index contributed by atoms with van der Waals surface area (Å²) in [6.07, 6.45) is 7.27. The molecule has 2 fully saturated rings. The lowest BCUT2D eigenvalue weighted by Crippen LogP contribution is -2.44. The maximum Gasteiger partial charge on any atom is 0.236 e. The van der Waals surface area contributed by atoms with Gasteiger partial charge in [-0.1, -0.05) is 26.7 Å². The van der Waals surface area contributed by atoms with Crippen LogP contribution >= 0.6 is 0 Å². The van der Waals surface area contributed by atoms with E-state index in [1.807, 2.05) is 4.90 Å². The largest absolute Gasteiger partial charge is 0.342 e. The van der Waals surface area contributed by atoms with Gasteiger partial charge in [-0.3, -0.25) is 14.6 Å². The van der Waals surface area contributed by atoms with Crippen molar-refractivity contribution in [3.8, 4) is 0 Å². The van der Waals surface area contributed by atoms with Crippen LogP contribution in [0.2, 0.25) is 0 Å². The lowest BCUT2D eigenvalue weighted by molar-refractivity contribution is -0.133. The highest BCUT2D eigenvalue weighted by Crippen LogP contribution is 2.27. The van der Waals surface area contributed by atoms with Gasteiger partial charge in [-0.15, -0.1) is 10.2 Å². The van der Waals surface area contributed by atoms with Crippen LogP contribution < -0.4 is 0 Å². The second-order valence-corrected chi connectivity index (χ2v) is 8.34. The van der Waals surface area contributed by atoms with Crippen molar-refractivity contribution in [2.75, 3.05) is 45.8 Å². The number of carbonyl (C=O) groups excluding carboxylic acids is 1. The first-order valence-electron chi connectivity index (χ1n) is 11.2. The van der Waals surface area contributed by atoms with Crippen molar-refractivity contribution in [1.29, 1.82) is 0 Å². The highest BCUT2D eigenvalue weighted by molar-refractivity contribution is 5.78. The van der Waals surface area contributed by atoms with Gasteiger partial charge in [-0.2, -0.15) is 0 Å². The molecule has 0 saturated carbocycles. The summed E-state index contributed by atoms with van der Waals surface area (Å²) < 4.78 is 2.21. The molecule has 0 aromatic carbocycles. The Balaban J connectivity index is 1.53. The summed E-state index contributed by atoms with van der Waals surface area (Å²) in [5.74, 6) is 2.85. The van der Waals surface area contributed by atoms with Crippen LogP contribution in [0.15, 0.2) is 0 Å². The van der Waals surface area contributed by atoms with E-state index >= 15 is 0 Å². The van der Waals surface area contributed by atoms with E-state index < -0.39 is 0 Å². The molecule has 2 aliphatic rings. The molecule has 2 saturated heterocycles. The van der Waals surface area contributed by atoms with E-state index in [1.54, 1.807) is 0 Å². The SMILES string of the molecule is CCN(CC)CC(=O)N1CCC(c2nnc(CN3CCCCCC3)n2C)CC1. The fourth-order valence-electron chi connectivity index (χ4n) is 4.49. The molecule has 158 valence electrons. The molecule has 0 unspecified atom stereocenters. The third-order valence-corrected chi connectivity index (χ3v) is 6.53. The quantitative estimate of drug-likeness (QED) is 0.715. The Labute approximate surface area is 170 Å². The lowest BCUT2D eigenvalue weighted by atomic mass is 9.96. The van der Waals surface area contributed by atoms with Gasteiger partial charge in [0.2, 0.25) is 5.91 Å². The van der Waals surface area contributed by atoms with Crippen molar-refractivity contribution in [1.82, 2.24) is 29.5 Å². The third-order valence-electron chi connectivity index (χ3n) is 6.53. The smallest absolute Gasteiger partial charge is 0.236 e. The van der Waals surface area contributed by atoms with Crippen LogP contribution in [0.4, 0.5) is 0 Å². The molecule has 1 aromatic rings. The molecule has 28 heavy (non-hydrogen) atoms. The predicted octanol–water partition coefficient (Wildman–Crippen LogP) is 2.24. The van der Waals surface area contributed by atoms with Crippen molar-refractivity contribution in [2.24, 2.45) is 7.05 Å². The van der Waals surface area contributed by atoms with Crippen LogP contribution in [0.25, 0.3) is 0 Å². The molecule has 0 atom stereocenters. The predicted molar refractivity (Wildman–Crippen MR) is 111 cm³/mol. The number of rotatable bonds is 7. The van der Waals surface area contributed by atoms with Crippen LogP contribution in [0.1, 0.15) is 69.9 Å². The highest BCUT2D eigenvalue weighted by atomic mass is 16.2. The second-order valence-electron chi connectivity index (χ2n) is 8.34. The number of likely N-dealkylation sites (N-methyl/N-ethyl adjacent to an activating group) is 1. The van der Waals surface area contributed by atoms with E-state index in [9.17, 15) is 4.79 Å². The van der Waals surface area contributed by atoms with E-state index in [0.29, 0.717) is 12.5 Å². The minimum atomic E-state index is 0.266. The third kappa shape index (κ3) is 5.32. The average Bonchev–Trinajstić information content (AvgIpc) is 2.91. The highest BCUT2D eigenvalue weighted by Gasteiger charge is 2.28.